The number of amides is 2. The van der Waals surface area contributed by atoms with E-state index in [0.717, 1.165) is 17.7 Å². The number of hydrogen-bond acceptors (Lipinski definition) is 6. The van der Waals surface area contributed by atoms with Crippen LogP contribution in [0.4, 0.5) is 11.4 Å². The summed E-state index contributed by atoms with van der Waals surface area (Å²) < 4.78 is 7.36. The monoisotopic (exact) mass is 451 g/mol. The Kier molecular flexibility index (Phi) is 6.45. The molecule has 4 rings (SSSR count). The van der Waals surface area contributed by atoms with Gasteiger partial charge in [-0.05, 0) is 37.1 Å². The first-order valence-electron chi connectivity index (χ1n) is 10.4. The highest BCUT2D eigenvalue weighted by atomic mass is 32.2. The van der Waals surface area contributed by atoms with Crippen molar-refractivity contribution >= 4 is 35.0 Å². The van der Waals surface area contributed by atoms with Crippen molar-refractivity contribution in [2.75, 3.05) is 22.6 Å². The highest BCUT2D eigenvalue weighted by Crippen LogP contribution is 2.37. The summed E-state index contributed by atoms with van der Waals surface area (Å²) in [5.41, 5.74) is 2.64. The summed E-state index contributed by atoms with van der Waals surface area (Å²) in [4.78, 5) is 26.8. The van der Waals surface area contributed by atoms with Crippen molar-refractivity contribution < 1.29 is 14.3 Å². The molecule has 0 radical (unpaired) electrons. The van der Waals surface area contributed by atoms with Gasteiger partial charge in [-0.3, -0.25) is 14.5 Å². The van der Waals surface area contributed by atoms with E-state index in [-0.39, 0.29) is 30.2 Å². The molecule has 0 bridgehead atoms. The van der Waals surface area contributed by atoms with E-state index in [9.17, 15) is 9.59 Å². The first kappa shape index (κ1) is 21.9. The molecule has 8 nitrogen and oxygen atoms in total. The molecule has 0 saturated carbocycles. The maximum absolute atomic E-state index is 12.6. The van der Waals surface area contributed by atoms with Crippen molar-refractivity contribution in [3.05, 3.63) is 59.9 Å². The number of aromatic nitrogens is 3. The molecular weight excluding hydrogens is 426 g/mol. The van der Waals surface area contributed by atoms with Gasteiger partial charge in [-0.1, -0.05) is 49.0 Å². The number of benzene rings is 2. The van der Waals surface area contributed by atoms with Gasteiger partial charge in [0.25, 0.3) is 5.91 Å². The zero-order chi connectivity index (χ0) is 22.7. The Morgan fingerprint density at radius 3 is 2.75 bits per heavy atom. The molecule has 32 heavy (non-hydrogen) atoms. The number of aryl methyl sites for hydroxylation is 1. The van der Waals surface area contributed by atoms with E-state index < -0.39 is 0 Å². The van der Waals surface area contributed by atoms with Crippen LogP contribution in [-0.2, 0) is 23.1 Å². The number of hydrogen-bond donors (Lipinski definition) is 1. The number of anilines is 2. The van der Waals surface area contributed by atoms with E-state index in [2.05, 4.69) is 22.4 Å². The fourth-order valence-corrected chi connectivity index (χ4v) is 4.46. The zero-order valence-electron chi connectivity index (χ0n) is 18.2. The van der Waals surface area contributed by atoms with Crippen molar-refractivity contribution in [1.82, 2.24) is 14.8 Å². The largest absolute Gasteiger partial charge is 0.482 e. The maximum Gasteiger partial charge on any atom is 0.265 e. The Hall–Kier alpha value is -3.33. The molecule has 3 aromatic rings. The predicted octanol–water partition coefficient (Wildman–Crippen LogP) is 3.59. The quantitative estimate of drug-likeness (QED) is 0.552. The smallest absolute Gasteiger partial charge is 0.265 e. The van der Waals surface area contributed by atoms with Crippen LogP contribution in [0.3, 0.4) is 0 Å². The highest BCUT2D eigenvalue weighted by Gasteiger charge is 2.32. The third kappa shape index (κ3) is 4.34. The molecule has 0 fully saturated rings. The second-order valence-corrected chi connectivity index (χ2v) is 8.39. The number of ether oxygens (including phenoxy) is 1. The molecule has 166 valence electrons. The molecule has 1 N–H and O–H groups in total. The van der Waals surface area contributed by atoms with Crippen LogP contribution < -0.4 is 15.0 Å². The lowest BCUT2D eigenvalue weighted by Crippen LogP contribution is -2.41. The Bertz CT molecular complexity index is 1150. The van der Waals surface area contributed by atoms with Gasteiger partial charge in [0, 0.05) is 12.7 Å². The van der Waals surface area contributed by atoms with Gasteiger partial charge in [0.15, 0.2) is 17.6 Å². The van der Waals surface area contributed by atoms with Crippen LogP contribution in [0, 0.1) is 0 Å². The van der Waals surface area contributed by atoms with Gasteiger partial charge in [0.2, 0.25) is 5.91 Å². The van der Waals surface area contributed by atoms with Crippen LogP contribution >= 0.6 is 11.8 Å². The highest BCUT2D eigenvalue weighted by molar-refractivity contribution is 7.99. The summed E-state index contributed by atoms with van der Waals surface area (Å²) in [5.74, 6) is 1.26. The standard InChI is InChI=1S/C23H25N5O3S/c1-4-16-9-5-6-10-17(16)24-20(29)14-32-23-26-25-22(27(23)3)15(2)28-18-11-7-8-12-19(18)31-13-21(28)30/h5-12,15H,4,13-14H2,1-3H3,(H,24,29)/t15-/m1/s1. The van der Waals surface area contributed by atoms with E-state index in [1.165, 1.54) is 11.8 Å². The minimum atomic E-state index is -0.343. The topological polar surface area (TPSA) is 89.3 Å². The molecule has 0 spiro atoms. The molecule has 1 aliphatic rings. The number of carbonyl (C=O) groups is 2. The Labute approximate surface area is 191 Å². The van der Waals surface area contributed by atoms with E-state index in [4.69, 9.17) is 4.74 Å². The fourth-order valence-electron chi connectivity index (χ4n) is 3.74. The molecule has 0 unspecified atom stereocenters. The summed E-state index contributed by atoms with van der Waals surface area (Å²) in [5, 5.41) is 12.1. The van der Waals surface area contributed by atoms with E-state index >= 15 is 0 Å². The van der Waals surface area contributed by atoms with Crippen LogP contribution in [0.1, 0.15) is 31.3 Å². The minimum Gasteiger partial charge on any atom is -0.482 e. The summed E-state index contributed by atoms with van der Waals surface area (Å²) in [6, 6.07) is 14.9. The van der Waals surface area contributed by atoms with Crippen LogP contribution in [0.15, 0.2) is 53.7 Å². The van der Waals surface area contributed by atoms with Gasteiger partial charge < -0.3 is 14.6 Å². The number of nitrogens with zero attached hydrogens (tertiary/aromatic N) is 4. The van der Waals surface area contributed by atoms with Crippen LogP contribution in [-0.4, -0.2) is 38.9 Å². The molecule has 2 amide bonds. The van der Waals surface area contributed by atoms with E-state index in [1.807, 2.05) is 67.1 Å². The van der Waals surface area contributed by atoms with Crippen LogP contribution in [0.25, 0.3) is 0 Å². The van der Waals surface area contributed by atoms with Crippen molar-refractivity contribution in [2.45, 2.75) is 31.5 Å². The number of para-hydroxylation sites is 3. The van der Waals surface area contributed by atoms with Crippen molar-refractivity contribution in [3.63, 3.8) is 0 Å². The molecule has 0 aliphatic carbocycles. The molecular formula is C23H25N5O3S. The average Bonchev–Trinajstić information content (AvgIpc) is 3.17. The first-order chi connectivity index (χ1) is 15.5. The second kappa shape index (κ2) is 9.44. The minimum absolute atomic E-state index is 0.0137. The van der Waals surface area contributed by atoms with Gasteiger partial charge in [0.05, 0.1) is 17.5 Å². The van der Waals surface area contributed by atoms with Crippen molar-refractivity contribution in [1.29, 1.82) is 0 Å². The van der Waals surface area contributed by atoms with Gasteiger partial charge >= 0.3 is 0 Å². The lowest BCUT2D eigenvalue weighted by molar-refractivity contribution is -0.121. The molecule has 1 aromatic heterocycles. The summed E-state index contributed by atoms with van der Waals surface area (Å²) in [7, 11) is 1.84. The Balaban J connectivity index is 1.46. The first-order valence-corrected chi connectivity index (χ1v) is 11.4. The lowest BCUT2D eigenvalue weighted by atomic mass is 10.1. The summed E-state index contributed by atoms with van der Waals surface area (Å²) >= 11 is 1.31. The van der Waals surface area contributed by atoms with E-state index in [1.54, 1.807) is 4.90 Å². The predicted molar refractivity (Wildman–Crippen MR) is 124 cm³/mol. The third-order valence-electron chi connectivity index (χ3n) is 5.38. The third-order valence-corrected chi connectivity index (χ3v) is 6.40. The molecule has 2 heterocycles. The Morgan fingerprint density at radius 1 is 1.19 bits per heavy atom. The number of rotatable bonds is 7. The number of nitrogens with one attached hydrogen (secondary N) is 1. The van der Waals surface area contributed by atoms with Crippen molar-refractivity contribution in [3.8, 4) is 5.75 Å². The van der Waals surface area contributed by atoms with Gasteiger partial charge in [-0.25, -0.2) is 0 Å². The molecule has 1 aliphatic heterocycles. The lowest BCUT2D eigenvalue weighted by Gasteiger charge is -2.33. The number of carbonyl (C=O) groups excluding carboxylic acids is 2. The molecule has 0 saturated heterocycles. The van der Waals surface area contributed by atoms with Crippen LogP contribution in [0.5, 0.6) is 5.75 Å². The Morgan fingerprint density at radius 2 is 1.94 bits per heavy atom. The van der Waals surface area contributed by atoms with Gasteiger partial charge in [-0.2, -0.15) is 0 Å². The SMILES string of the molecule is CCc1ccccc1NC(=O)CSc1nnc([C@@H](C)N2C(=O)COc3ccccc32)n1C. The number of thioether (sulfide) groups is 1. The molecule has 9 heteroatoms. The molecule has 2 aromatic carbocycles. The summed E-state index contributed by atoms with van der Waals surface area (Å²) in [6.07, 6.45) is 0.845. The fraction of sp³-hybridized carbons (Fsp3) is 0.304. The van der Waals surface area contributed by atoms with Crippen molar-refractivity contribution in [2.24, 2.45) is 7.05 Å². The zero-order valence-corrected chi connectivity index (χ0v) is 19.1. The maximum atomic E-state index is 12.6. The average molecular weight is 452 g/mol. The van der Waals surface area contributed by atoms with Gasteiger partial charge in [0.1, 0.15) is 5.75 Å². The van der Waals surface area contributed by atoms with Crippen LogP contribution in [0.2, 0.25) is 0 Å². The normalized spacial score (nSPS) is 14.0. The number of fused-ring (bicyclic) bond motifs is 1. The molecule has 1 atom stereocenters. The second-order valence-electron chi connectivity index (χ2n) is 7.44. The van der Waals surface area contributed by atoms with E-state index in [0.29, 0.717) is 22.4 Å². The summed E-state index contributed by atoms with van der Waals surface area (Å²) in [6.45, 7) is 3.95. The van der Waals surface area contributed by atoms with Gasteiger partial charge in [-0.15, -0.1) is 10.2 Å².